The molecular weight excluding hydrogens is 1080 g/mol. The van der Waals surface area contributed by atoms with Gasteiger partial charge in [0.15, 0.2) is 23.2 Å². The van der Waals surface area contributed by atoms with Crippen molar-refractivity contribution in [1.82, 2.24) is 29.9 Å². The third-order valence-corrected chi connectivity index (χ3v) is 19.8. The van der Waals surface area contributed by atoms with E-state index in [-0.39, 0.29) is 51.8 Å². The molecule has 14 rings (SSSR count). The van der Waals surface area contributed by atoms with Crippen LogP contribution in [0.25, 0.3) is 45.3 Å². The highest BCUT2D eigenvalue weighted by Crippen LogP contribution is 2.57. The SMILES string of the molecule is CCC[C@@]12C/C(=C/N(C)c3ccccc3)C(=O)C[C@H]1CCc1c(-c3ccccc3F)nc(-c3ccnc(C4CC4)c3)nc12.CCC[C@@]12C/C(=C/N(C)c3ccccc3)C(=O)[C@H](C)[C@H]1CCc1c(-c3ccccc3F)nc(-c3ccnc(C4CC4)c3)nc12. The molecule has 0 amide bonds. The number of rotatable bonds is 14. The summed E-state index contributed by atoms with van der Waals surface area (Å²) in [6.45, 7) is 6.52. The molecule has 87 heavy (non-hydrogen) atoms. The molecule has 5 atom stereocenters. The van der Waals surface area contributed by atoms with Crippen molar-refractivity contribution in [2.75, 3.05) is 23.9 Å². The van der Waals surface area contributed by atoms with Crippen LogP contribution in [-0.4, -0.2) is 55.6 Å². The molecule has 0 spiro atoms. The van der Waals surface area contributed by atoms with Crippen LogP contribution in [0.5, 0.6) is 0 Å². The van der Waals surface area contributed by atoms with Gasteiger partial charge >= 0.3 is 0 Å². The molecule has 0 aliphatic heterocycles. The molecule has 0 N–H and O–H groups in total. The third-order valence-electron chi connectivity index (χ3n) is 19.8. The first-order valence-electron chi connectivity index (χ1n) is 31.7. The number of fused-ring (bicyclic) bond motifs is 6. The van der Waals surface area contributed by atoms with Crippen LogP contribution < -0.4 is 9.80 Å². The number of aromatic nitrogens is 6. The topological polar surface area (TPSA) is 118 Å². The van der Waals surface area contributed by atoms with Gasteiger partial charge in [-0.1, -0.05) is 94.3 Å². The van der Waals surface area contributed by atoms with Crippen LogP contribution in [0.15, 0.2) is 169 Å². The molecule has 0 radical (unpaired) electrons. The molecule has 4 heterocycles. The number of benzene rings is 4. The summed E-state index contributed by atoms with van der Waals surface area (Å²) in [6, 6.07) is 42.3. The van der Waals surface area contributed by atoms with Crippen LogP contribution in [0, 0.1) is 29.4 Å². The van der Waals surface area contributed by atoms with Gasteiger partial charge in [-0.15, -0.1) is 0 Å². The standard InChI is InChI=1S/C38H39FN4O.C37H37FN4O/c1-4-19-38-22-27(23-43(3)28-10-6-5-7-11-28)35(44)24(2)31(38)17-16-30-34(29-12-8-9-13-32(29)39)41-37(42-36(30)38)26-18-20-40-33(21-26)25-14-15-25;1-3-18-37-22-26(23-42(2)28-9-5-4-6-10-28)33(43)21-27(37)15-16-30-34(29-11-7-8-12-31(29)38)40-36(41-35(30)37)25-17-19-39-32(20-25)24-13-14-24/h5-13,18,20-21,23-25,31H,4,14-17,19,22H2,1-3H3;4-12,17,19-20,23-24,27H,3,13-16,18,21-22H2,1-2H3/b27-23-;26-23-/t24-,31-,38-;27-,37-/m11/s1. The van der Waals surface area contributed by atoms with Gasteiger partial charge in [0, 0.05) is 141 Å². The van der Waals surface area contributed by atoms with E-state index in [2.05, 4.69) is 72.0 Å². The van der Waals surface area contributed by atoms with Crippen molar-refractivity contribution in [2.24, 2.45) is 17.8 Å². The van der Waals surface area contributed by atoms with E-state index in [0.29, 0.717) is 65.3 Å². The second kappa shape index (κ2) is 24.1. The minimum absolute atomic E-state index is 0.142. The summed E-state index contributed by atoms with van der Waals surface area (Å²) in [5, 5.41) is 0. The van der Waals surface area contributed by atoms with Crippen molar-refractivity contribution in [3.8, 4) is 45.3 Å². The smallest absolute Gasteiger partial charge is 0.163 e. The monoisotopic (exact) mass is 1160 g/mol. The first-order valence-corrected chi connectivity index (χ1v) is 31.7. The first kappa shape index (κ1) is 57.7. The van der Waals surface area contributed by atoms with Crippen LogP contribution in [0.4, 0.5) is 20.2 Å². The molecule has 10 nitrogen and oxygen atoms in total. The number of pyridine rings is 2. The fourth-order valence-electron chi connectivity index (χ4n) is 15.2. The highest BCUT2D eigenvalue weighted by Gasteiger charge is 2.54. The van der Waals surface area contributed by atoms with Gasteiger partial charge < -0.3 is 9.80 Å². The van der Waals surface area contributed by atoms with Crippen LogP contribution in [0.2, 0.25) is 0 Å². The molecule has 6 aliphatic rings. The summed E-state index contributed by atoms with van der Waals surface area (Å²) < 4.78 is 30.9. The molecule has 12 heteroatoms. The summed E-state index contributed by atoms with van der Waals surface area (Å²) in [4.78, 5) is 61.9. The number of hydrogen-bond donors (Lipinski definition) is 0. The van der Waals surface area contributed by atoms with Gasteiger partial charge in [0.2, 0.25) is 0 Å². The summed E-state index contributed by atoms with van der Waals surface area (Å²) in [6.07, 6.45) is 21.0. The average molecular weight is 1160 g/mol. The number of hydrogen-bond acceptors (Lipinski definition) is 10. The van der Waals surface area contributed by atoms with Gasteiger partial charge in [-0.05, 0) is 162 Å². The van der Waals surface area contributed by atoms with Crippen molar-refractivity contribution in [1.29, 1.82) is 0 Å². The Morgan fingerprint density at radius 2 is 1.01 bits per heavy atom. The lowest BCUT2D eigenvalue weighted by Crippen LogP contribution is -2.50. The fourth-order valence-corrected chi connectivity index (χ4v) is 15.2. The Bertz CT molecular complexity index is 3970. The molecule has 8 aromatic rings. The fraction of sp³-hybridized carbons (Fsp3) is 0.360. The Labute approximate surface area is 510 Å². The number of Topliss-reactive ketones (excluding diaryl/α,β-unsaturated/α-hetero) is 2. The second-order valence-electron chi connectivity index (χ2n) is 25.4. The number of carbonyl (C=O) groups excluding carboxylic acids is 2. The zero-order valence-electron chi connectivity index (χ0n) is 50.7. The summed E-state index contributed by atoms with van der Waals surface area (Å²) >= 11 is 0. The van der Waals surface area contributed by atoms with Crippen molar-refractivity contribution in [3.05, 3.63) is 215 Å². The van der Waals surface area contributed by atoms with Gasteiger partial charge in [0.25, 0.3) is 0 Å². The quantitative estimate of drug-likeness (QED) is 0.0974. The zero-order valence-corrected chi connectivity index (χ0v) is 50.7. The van der Waals surface area contributed by atoms with Crippen LogP contribution in [0.1, 0.15) is 150 Å². The molecule has 0 saturated heterocycles. The molecule has 4 aromatic heterocycles. The number of allylic oxidation sites excluding steroid dienone is 2. The molecular formula is C75H76F2N8O2. The maximum atomic E-state index is 15.5. The molecule has 6 aliphatic carbocycles. The lowest BCUT2D eigenvalue weighted by molar-refractivity contribution is -0.124. The predicted octanol–water partition coefficient (Wildman–Crippen LogP) is 16.7. The van der Waals surface area contributed by atoms with E-state index >= 15 is 8.78 Å². The molecule has 4 aromatic carbocycles. The minimum Gasteiger partial charge on any atom is -0.351 e. The van der Waals surface area contributed by atoms with Gasteiger partial charge in [0.1, 0.15) is 11.6 Å². The van der Waals surface area contributed by atoms with Crippen LogP contribution in [0.3, 0.4) is 0 Å². The summed E-state index contributed by atoms with van der Waals surface area (Å²) in [5.74, 6) is 2.29. The van der Waals surface area contributed by atoms with E-state index < -0.39 is 0 Å². The van der Waals surface area contributed by atoms with E-state index in [9.17, 15) is 9.59 Å². The number of anilines is 2. The van der Waals surface area contributed by atoms with Crippen molar-refractivity contribution in [3.63, 3.8) is 0 Å². The summed E-state index contributed by atoms with van der Waals surface area (Å²) in [5.41, 5.74) is 13.4. The average Bonchev–Trinajstić information content (AvgIpc) is 1.78. The van der Waals surface area contributed by atoms with Crippen molar-refractivity contribution in [2.45, 2.75) is 140 Å². The van der Waals surface area contributed by atoms with E-state index in [0.717, 1.165) is 145 Å². The zero-order chi connectivity index (χ0) is 60.0. The number of para-hydroxylation sites is 2. The Kier molecular flexibility index (Phi) is 16.0. The van der Waals surface area contributed by atoms with Crippen molar-refractivity contribution >= 4 is 22.9 Å². The minimum atomic E-state index is -0.358. The lowest BCUT2D eigenvalue weighted by Gasteiger charge is -2.51. The van der Waals surface area contributed by atoms with Gasteiger partial charge in [-0.2, -0.15) is 0 Å². The van der Waals surface area contributed by atoms with Gasteiger partial charge in [-0.3, -0.25) is 19.6 Å². The Morgan fingerprint density at radius 3 is 1.52 bits per heavy atom. The predicted molar refractivity (Wildman–Crippen MR) is 341 cm³/mol. The van der Waals surface area contributed by atoms with E-state index in [1.807, 2.05) is 117 Å². The highest BCUT2D eigenvalue weighted by molar-refractivity contribution is 5.99. The Morgan fingerprint density at radius 1 is 0.552 bits per heavy atom. The first-order chi connectivity index (χ1) is 42.4. The second-order valence-corrected chi connectivity index (χ2v) is 25.4. The lowest BCUT2D eigenvalue weighted by atomic mass is 9.52. The van der Waals surface area contributed by atoms with Crippen molar-refractivity contribution < 1.29 is 18.4 Å². The Balaban J connectivity index is 0.000000161. The van der Waals surface area contributed by atoms with E-state index in [4.69, 9.17) is 19.9 Å². The number of carbonyl (C=O) groups is 2. The van der Waals surface area contributed by atoms with Gasteiger partial charge in [0.05, 0.1) is 22.8 Å². The molecule has 0 unspecified atom stereocenters. The Hall–Kier alpha value is -8.38. The van der Waals surface area contributed by atoms with E-state index in [1.54, 1.807) is 12.1 Å². The number of nitrogens with zero attached hydrogens (tertiary/aromatic N) is 8. The van der Waals surface area contributed by atoms with Gasteiger partial charge in [-0.25, -0.2) is 28.7 Å². The maximum Gasteiger partial charge on any atom is 0.163 e. The van der Waals surface area contributed by atoms with Crippen LogP contribution >= 0.6 is 0 Å². The number of halogens is 2. The largest absolute Gasteiger partial charge is 0.351 e. The third kappa shape index (κ3) is 11.1. The molecule has 0 bridgehead atoms. The molecule has 4 fully saturated rings. The summed E-state index contributed by atoms with van der Waals surface area (Å²) in [7, 11) is 4.01. The molecule has 4 saturated carbocycles. The maximum absolute atomic E-state index is 15.5. The molecule has 442 valence electrons. The highest BCUT2D eigenvalue weighted by atomic mass is 19.1. The normalized spacial score (nSPS) is 23.0. The van der Waals surface area contributed by atoms with Crippen LogP contribution in [-0.2, 0) is 33.3 Å². The number of ketones is 2. The van der Waals surface area contributed by atoms with E-state index in [1.165, 1.54) is 12.1 Å².